The first-order chi connectivity index (χ1) is 8.16. The maximum Gasteiger partial charge on any atom is 0.253 e. The molecule has 17 heavy (non-hydrogen) atoms. The fourth-order valence-electron chi connectivity index (χ4n) is 2.14. The molecular weight excluding hydrogens is 218 g/mol. The summed E-state index contributed by atoms with van der Waals surface area (Å²) in [5, 5.41) is 2.92. The highest BCUT2D eigenvalue weighted by atomic mass is 16.2. The lowest BCUT2D eigenvalue weighted by atomic mass is 9.91. The van der Waals surface area contributed by atoms with Crippen LogP contribution in [0.1, 0.15) is 36.0 Å². The second-order valence-corrected chi connectivity index (χ2v) is 4.47. The van der Waals surface area contributed by atoms with Crippen molar-refractivity contribution in [1.82, 2.24) is 10.3 Å². The first-order valence-electron chi connectivity index (χ1n) is 5.92. The number of nitrogens with one attached hydrogen (secondary N) is 2. The van der Waals surface area contributed by atoms with E-state index in [0.29, 0.717) is 5.56 Å². The number of pyridine rings is 1. The van der Waals surface area contributed by atoms with E-state index in [-0.39, 0.29) is 23.6 Å². The molecule has 92 valence electrons. The summed E-state index contributed by atoms with van der Waals surface area (Å²) in [6.45, 7) is 0. The number of carbonyl (C=O) groups excluding carboxylic acids is 1. The highest BCUT2D eigenvalue weighted by Crippen LogP contribution is 2.17. The first-order valence-corrected chi connectivity index (χ1v) is 5.92. The lowest BCUT2D eigenvalue weighted by Gasteiger charge is -2.29. The zero-order valence-corrected chi connectivity index (χ0v) is 9.61. The zero-order chi connectivity index (χ0) is 12.3. The second-order valence-electron chi connectivity index (χ2n) is 4.47. The summed E-state index contributed by atoms with van der Waals surface area (Å²) in [7, 11) is 0. The Bertz CT molecular complexity index is 435. The molecule has 2 atom stereocenters. The molecule has 1 aliphatic rings. The van der Waals surface area contributed by atoms with Crippen LogP contribution in [0.25, 0.3) is 0 Å². The van der Waals surface area contributed by atoms with Gasteiger partial charge >= 0.3 is 0 Å². The van der Waals surface area contributed by atoms with E-state index in [1.165, 1.54) is 18.3 Å². The van der Waals surface area contributed by atoms with Crippen molar-refractivity contribution in [2.24, 2.45) is 5.73 Å². The topological polar surface area (TPSA) is 88.0 Å². The number of hydrogen-bond acceptors (Lipinski definition) is 3. The van der Waals surface area contributed by atoms with Crippen LogP contribution >= 0.6 is 0 Å². The van der Waals surface area contributed by atoms with Crippen molar-refractivity contribution in [2.45, 2.75) is 37.8 Å². The summed E-state index contributed by atoms with van der Waals surface area (Å²) >= 11 is 0. The number of nitrogens with two attached hydrogens (primary N) is 1. The number of amides is 1. The first kappa shape index (κ1) is 11.9. The van der Waals surface area contributed by atoms with Gasteiger partial charge in [0.2, 0.25) is 5.56 Å². The maximum absolute atomic E-state index is 11.9. The summed E-state index contributed by atoms with van der Waals surface area (Å²) in [5.41, 5.74) is 6.21. The van der Waals surface area contributed by atoms with Gasteiger partial charge in [-0.25, -0.2) is 0 Å². The smallest absolute Gasteiger partial charge is 0.253 e. The number of rotatable bonds is 2. The van der Waals surface area contributed by atoms with E-state index in [1.807, 2.05) is 0 Å². The van der Waals surface area contributed by atoms with Gasteiger partial charge in [-0.15, -0.1) is 0 Å². The summed E-state index contributed by atoms with van der Waals surface area (Å²) in [6.07, 6.45) is 5.54. The van der Waals surface area contributed by atoms with Crippen molar-refractivity contribution in [3.05, 3.63) is 34.2 Å². The molecular formula is C12H17N3O2. The van der Waals surface area contributed by atoms with Crippen LogP contribution in [0.5, 0.6) is 0 Å². The van der Waals surface area contributed by atoms with Gasteiger partial charge in [-0.05, 0) is 18.9 Å². The Morgan fingerprint density at radius 1 is 1.35 bits per heavy atom. The monoisotopic (exact) mass is 235 g/mol. The Morgan fingerprint density at radius 2 is 2.12 bits per heavy atom. The van der Waals surface area contributed by atoms with Crippen molar-refractivity contribution >= 4 is 5.91 Å². The van der Waals surface area contributed by atoms with Crippen molar-refractivity contribution in [1.29, 1.82) is 0 Å². The average Bonchev–Trinajstić information content (AvgIpc) is 2.33. The molecule has 1 fully saturated rings. The van der Waals surface area contributed by atoms with E-state index in [1.54, 1.807) is 0 Å². The van der Waals surface area contributed by atoms with Crippen LogP contribution in [0.4, 0.5) is 0 Å². The lowest BCUT2D eigenvalue weighted by molar-refractivity contribution is 0.0921. The molecule has 1 aliphatic carbocycles. The molecule has 0 saturated heterocycles. The molecule has 0 aliphatic heterocycles. The third-order valence-electron chi connectivity index (χ3n) is 3.18. The van der Waals surface area contributed by atoms with E-state index in [2.05, 4.69) is 10.3 Å². The molecule has 4 N–H and O–H groups in total. The fourth-order valence-corrected chi connectivity index (χ4v) is 2.14. The van der Waals surface area contributed by atoms with E-state index in [0.717, 1.165) is 25.7 Å². The van der Waals surface area contributed by atoms with E-state index >= 15 is 0 Å². The minimum atomic E-state index is -0.212. The molecule has 1 amide bonds. The molecule has 1 saturated carbocycles. The Labute approximate surface area is 99.4 Å². The van der Waals surface area contributed by atoms with Crippen LogP contribution < -0.4 is 16.6 Å². The minimum absolute atomic E-state index is 0.0375. The van der Waals surface area contributed by atoms with Gasteiger partial charge in [-0.2, -0.15) is 0 Å². The number of carbonyl (C=O) groups is 1. The predicted octanol–water partition coefficient (Wildman–Crippen LogP) is 0.375. The minimum Gasteiger partial charge on any atom is -0.348 e. The van der Waals surface area contributed by atoms with Gasteiger partial charge in [0, 0.05) is 24.3 Å². The van der Waals surface area contributed by atoms with Gasteiger partial charge in [0.05, 0.1) is 5.56 Å². The largest absolute Gasteiger partial charge is 0.348 e. The van der Waals surface area contributed by atoms with Gasteiger partial charge < -0.3 is 16.0 Å². The Morgan fingerprint density at radius 3 is 2.76 bits per heavy atom. The van der Waals surface area contributed by atoms with E-state index < -0.39 is 0 Å². The van der Waals surface area contributed by atoms with Crippen molar-refractivity contribution in [3.8, 4) is 0 Å². The SMILES string of the molecule is NC1CCCCC1NC(=O)c1ccc(=O)[nH]c1. The number of aromatic amines is 1. The van der Waals surface area contributed by atoms with E-state index in [9.17, 15) is 9.59 Å². The van der Waals surface area contributed by atoms with Crippen LogP contribution in [0.2, 0.25) is 0 Å². The second kappa shape index (κ2) is 5.14. The standard InChI is InChI=1S/C12H17N3O2/c13-9-3-1-2-4-10(9)15-12(17)8-5-6-11(16)14-7-8/h5-7,9-10H,1-4,13H2,(H,14,16)(H,15,17). The fraction of sp³-hybridized carbons (Fsp3) is 0.500. The number of hydrogen-bond donors (Lipinski definition) is 3. The Hall–Kier alpha value is -1.62. The highest BCUT2D eigenvalue weighted by molar-refractivity contribution is 5.94. The van der Waals surface area contributed by atoms with Gasteiger partial charge in [-0.1, -0.05) is 12.8 Å². The number of H-pyrrole nitrogens is 1. The molecule has 2 rings (SSSR count). The predicted molar refractivity (Wildman–Crippen MR) is 64.8 cm³/mol. The summed E-state index contributed by atoms with van der Waals surface area (Å²) < 4.78 is 0. The molecule has 1 heterocycles. The third kappa shape index (κ3) is 2.94. The molecule has 1 aromatic rings. The molecule has 5 heteroatoms. The normalized spacial score (nSPS) is 24.3. The van der Waals surface area contributed by atoms with Crippen molar-refractivity contribution in [2.75, 3.05) is 0 Å². The Kier molecular flexibility index (Phi) is 3.58. The number of aromatic nitrogens is 1. The van der Waals surface area contributed by atoms with Crippen LogP contribution in [0, 0.1) is 0 Å². The van der Waals surface area contributed by atoms with Crippen molar-refractivity contribution < 1.29 is 4.79 Å². The molecule has 0 bridgehead atoms. The van der Waals surface area contributed by atoms with E-state index in [4.69, 9.17) is 5.73 Å². The molecule has 0 spiro atoms. The summed E-state index contributed by atoms with van der Waals surface area (Å²) in [4.78, 5) is 25.2. The maximum atomic E-state index is 11.9. The zero-order valence-electron chi connectivity index (χ0n) is 9.61. The highest BCUT2D eigenvalue weighted by Gasteiger charge is 2.23. The summed E-state index contributed by atoms with van der Waals surface area (Å²) in [5.74, 6) is -0.177. The quantitative estimate of drug-likeness (QED) is 0.692. The van der Waals surface area contributed by atoms with Gasteiger partial charge in [0.25, 0.3) is 5.91 Å². The third-order valence-corrected chi connectivity index (χ3v) is 3.18. The van der Waals surface area contributed by atoms with Gasteiger partial charge in [-0.3, -0.25) is 9.59 Å². The molecule has 0 radical (unpaired) electrons. The van der Waals surface area contributed by atoms with Gasteiger partial charge in [0.1, 0.15) is 0 Å². The van der Waals surface area contributed by atoms with Crippen LogP contribution in [0.3, 0.4) is 0 Å². The Balaban J connectivity index is 2.01. The van der Waals surface area contributed by atoms with Crippen LogP contribution in [0.15, 0.2) is 23.1 Å². The lowest BCUT2D eigenvalue weighted by Crippen LogP contribution is -2.49. The van der Waals surface area contributed by atoms with Crippen LogP contribution in [-0.2, 0) is 0 Å². The molecule has 1 aromatic heterocycles. The van der Waals surface area contributed by atoms with Crippen LogP contribution in [-0.4, -0.2) is 23.0 Å². The van der Waals surface area contributed by atoms with Crippen molar-refractivity contribution in [3.63, 3.8) is 0 Å². The van der Waals surface area contributed by atoms with Gasteiger partial charge in [0.15, 0.2) is 0 Å². The molecule has 0 aromatic carbocycles. The molecule has 2 unspecified atom stereocenters. The average molecular weight is 235 g/mol. The molecule has 5 nitrogen and oxygen atoms in total. The summed E-state index contributed by atoms with van der Waals surface area (Å²) in [6, 6.07) is 2.94.